The van der Waals surface area contributed by atoms with Crippen molar-refractivity contribution in [3.8, 4) is 0 Å². The molecule has 0 aromatic carbocycles. The molecular formula is C6H8NO2. The Bertz CT molecular complexity index is 131. The van der Waals surface area contributed by atoms with Gasteiger partial charge in [-0.25, -0.2) is 0 Å². The molecule has 0 rings (SSSR count). The van der Waals surface area contributed by atoms with Gasteiger partial charge in [-0.05, 0) is 13.0 Å². The van der Waals surface area contributed by atoms with E-state index < -0.39 is 6.04 Å². The lowest BCUT2D eigenvalue weighted by Crippen LogP contribution is -2.31. The first-order chi connectivity index (χ1) is 4.20. The van der Waals surface area contributed by atoms with Crippen molar-refractivity contribution < 1.29 is 9.59 Å². The van der Waals surface area contributed by atoms with Crippen LogP contribution in [0.5, 0.6) is 0 Å². The third-order valence-electron chi connectivity index (χ3n) is 0.721. The van der Waals surface area contributed by atoms with Crippen LogP contribution in [-0.2, 0) is 9.59 Å². The summed E-state index contributed by atoms with van der Waals surface area (Å²) in [6.45, 7) is 4.74. The Morgan fingerprint density at radius 3 is 2.78 bits per heavy atom. The minimum absolute atomic E-state index is 0.356. The van der Waals surface area contributed by atoms with Crippen molar-refractivity contribution in [3.05, 3.63) is 12.7 Å². The number of nitrogens with one attached hydrogen (secondary N) is 1. The zero-order valence-corrected chi connectivity index (χ0v) is 5.18. The summed E-state index contributed by atoms with van der Waals surface area (Å²) in [6.07, 6.45) is 2.71. The molecule has 3 nitrogen and oxygen atoms in total. The Hall–Kier alpha value is -1.12. The Morgan fingerprint density at radius 2 is 2.44 bits per heavy atom. The van der Waals surface area contributed by atoms with Gasteiger partial charge in [0.25, 0.3) is 0 Å². The van der Waals surface area contributed by atoms with Crippen LogP contribution in [0.25, 0.3) is 0 Å². The predicted octanol–water partition coefficient (Wildman–Crippen LogP) is -0.213. The minimum Gasteiger partial charge on any atom is -0.343 e. The van der Waals surface area contributed by atoms with Crippen molar-refractivity contribution in [3.63, 3.8) is 0 Å². The fourth-order valence-corrected chi connectivity index (χ4v) is 0.302. The molecule has 49 valence electrons. The zero-order valence-electron chi connectivity index (χ0n) is 5.18. The normalized spacial score (nSPS) is 11.7. The lowest BCUT2D eigenvalue weighted by Gasteiger charge is -2.00. The average molecular weight is 126 g/mol. The van der Waals surface area contributed by atoms with Crippen LogP contribution in [0.4, 0.5) is 0 Å². The summed E-state index contributed by atoms with van der Waals surface area (Å²) in [5, 5.41) is 2.30. The molecule has 0 bridgehead atoms. The van der Waals surface area contributed by atoms with E-state index in [9.17, 15) is 9.59 Å². The minimum atomic E-state index is -0.546. The molecule has 1 radical (unpaired) electrons. The van der Waals surface area contributed by atoms with Crippen LogP contribution in [0, 0.1) is 0 Å². The van der Waals surface area contributed by atoms with E-state index in [1.165, 1.54) is 6.92 Å². The van der Waals surface area contributed by atoms with E-state index >= 15 is 0 Å². The summed E-state index contributed by atoms with van der Waals surface area (Å²) < 4.78 is 0. The molecule has 0 aliphatic heterocycles. The SMILES string of the molecule is C=CC(=O)NC(C)[C]=O. The van der Waals surface area contributed by atoms with Gasteiger partial charge in [0.1, 0.15) is 0 Å². The van der Waals surface area contributed by atoms with Crippen LogP contribution < -0.4 is 5.32 Å². The number of carbonyl (C=O) groups is 1. The zero-order chi connectivity index (χ0) is 7.28. The number of hydrogen-bond donors (Lipinski definition) is 1. The van der Waals surface area contributed by atoms with Crippen LogP contribution >= 0.6 is 0 Å². The van der Waals surface area contributed by atoms with Gasteiger partial charge in [-0.2, -0.15) is 0 Å². The van der Waals surface area contributed by atoms with Gasteiger partial charge in [0.2, 0.25) is 12.2 Å². The molecule has 3 heteroatoms. The molecule has 1 N–H and O–H groups in total. The second-order valence-corrected chi connectivity index (χ2v) is 1.55. The highest BCUT2D eigenvalue weighted by atomic mass is 16.2. The van der Waals surface area contributed by atoms with Gasteiger partial charge in [-0.3, -0.25) is 9.59 Å². The molecule has 0 saturated heterocycles. The fourth-order valence-electron chi connectivity index (χ4n) is 0.302. The highest BCUT2D eigenvalue weighted by Gasteiger charge is 2.00. The van der Waals surface area contributed by atoms with Crippen molar-refractivity contribution in [2.24, 2.45) is 0 Å². The maximum atomic E-state index is 10.4. The van der Waals surface area contributed by atoms with Crippen molar-refractivity contribution in [1.82, 2.24) is 5.32 Å². The van der Waals surface area contributed by atoms with Crippen LogP contribution in [0.1, 0.15) is 6.92 Å². The lowest BCUT2D eigenvalue weighted by atomic mass is 10.4. The highest BCUT2D eigenvalue weighted by molar-refractivity contribution is 5.88. The molecule has 0 aromatic rings. The molecule has 1 amide bonds. The maximum absolute atomic E-state index is 10.4. The molecule has 0 aliphatic carbocycles. The van der Waals surface area contributed by atoms with E-state index in [-0.39, 0.29) is 5.91 Å². The van der Waals surface area contributed by atoms with Gasteiger partial charge < -0.3 is 5.32 Å². The molecule has 0 heterocycles. The number of hydrogen-bond acceptors (Lipinski definition) is 2. The second kappa shape index (κ2) is 3.83. The van der Waals surface area contributed by atoms with Gasteiger partial charge in [-0.1, -0.05) is 6.58 Å². The summed E-state index contributed by atoms with van der Waals surface area (Å²) in [5.41, 5.74) is 0. The Labute approximate surface area is 53.7 Å². The van der Waals surface area contributed by atoms with E-state index in [0.29, 0.717) is 0 Å². The summed E-state index contributed by atoms with van der Waals surface area (Å²) in [6, 6.07) is -0.546. The molecule has 1 atom stereocenters. The molecule has 0 spiro atoms. The quantitative estimate of drug-likeness (QED) is 0.532. The molecule has 9 heavy (non-hydrogen) atoms. The highest BCUT2D eigenvalue weighted by Crippen LogP contribution is 1.73. The summed E-state index contributed by atoms with van der Waals surface area (Å²) in [5.74, 6) is -0.356. The smallest absolute Gasteiger partial charge is 0.243 e. The van der Waals surface area contributed by atoms with Crippen molar-refractivity contribution >= 4 is 12.2 Å². The molecule has 1 unspecified atom stereocenters. The molecule has 0 saturated carbocycles. The van der Waals surface area contributed by atoms with Crippen molar-refractivity contribution in [1.29, 1.82) is 0 Å². The van der Waals surface area contributed by atoms with Gasteiger partial charge in [0, 0.05) is 0 Å². The standard InChI is InChI=1S/C6H8NO2/c1-3-6(9)7-5(2)4-8/h3,5H,1H2,2H3,(H,7,9). The Morgan fingerprint density at radius 1 is 1.89 bits per heavy atom. The third kappa shape index (κ3) is 3.46. The van der Waals surface area contributed by atoms with Crippen molar-refractivity contribution in [2.45, 2.75) is 13.0 Å². The van der Waals surface area contributed by atoms with Gasteiger partial charge in [0.05, 0.1) is 6.04 Å². The van der Waals surface area contributed by atoms with Gasteiger partial charge in [0.15, 0.2) is 0 Å². The van der Waals surface area contributed by atoms with Gasteiger partial charge in [-0.15, -0.1) is 0 Å². The number of carbonyl (C=O) groups excluding carboxylic acids is 2. The average Bonchev–Trinajstić information content (AvgIpc) is 1.87. The van der Waals surface area contributed by atoms with E-state index in [4.69, 9.17) is 0 Å². The number of amides is 1. The second-order valence-electron chi connectivity index (χ2n) is 1.55. The summed E-state index contributed by atoms with van der Waals surface area (Å²) in [7, 11) is 0. The molecule has 0 fully saturated rings. The van der Waals surface area contributed by atoms with Crippen LogP contribution in [0.2, 0.25) is 0 Å². The van der Waals surface area contributed by atoms with E-state index in [0.717, 1.165) is 6.08 Å². The molecular weight excluding hydrogens is 118 g/mol. The summed E-state index contributed by atoms with van der Waals surface area (Å²) in [4.78, 5) is 20.2. The Kier molecular flexibility index (Phi) is 3.35. The fraction of sp³-hybridized carbons (Fsp3) is 0.333. The topological polar surface area (TPSA) is 46.2 Å². The van der Waals surface area contributed by atoms with Crippen LogP contribution in [-0.4, -0.2) is 18.2 Å². The molecule has 0 aromatic heterocycles. The first kappa shape index (κ1) is 7.88. The first-order valence-corrected chi connectivity index (χ1v) is 2.51. The van der Waals surface area contributed by atoms with Crippen molar-refractivity contribution in [2.75, 3.05) is 0 Å². The first-order valence-electron chi connectivity index (χ1n) is 2.51. The van der Waals surface area contributed by atoms with Gasteiger partial charge >= 0.3 is 0 Å². The molecule has 0 aliphatic rings. The summed E-state index contributed by atoms with van der Waals surface area (Å²) >= 11 is 0. The third-order valence-corrected chi connectivity index (χ3v) is 0.721. The van der Waals surface area contributed by atoms with E-state index in [2.05, 4.69) is 11.9 Å². The monoisotopic (exact) mass is 126 g/mol. The number of rotatable bonds is 3. The van der Waals surface area contributed by atoms with Crippen LogP contribution in [0.15, 0.2) is 12.7 Å². The Balaban J connectivity index is 3.58. The lowest BCUT2D eigenvalue weighted by molar-refractivity contribution is -0.116. The van der Waals surface area contributed by atoms with E-state index in [1.807, 2.05) is 0 Å². The van der Waals surface area contributed by atoms with E-state index in [1.54, 1.807) is 6.29 Å². The maximum Gasteiger partial charge on any atom is 0.243 e. The largest absolute Gasteiger partial charge is 0.343 e. The van der Waals surface area contributed by atoms with Crippen LogP contribution in [0.3, 0.4) is 0 Å². The predicted molar refractivity (Wildman–Crippen MR) is 33.5 cm³/mol.